The van der Waals surface area contributed by atoms with E-state index in [1.165, 1.54) is 11.1 Å². The molecule has 0 saturated carbocycles. The summed E-state index contributed by atoms with van der Waals surface area (Å²) in [4.78, 5) is 18.1. The van der Waals surface area contributed by atoms with Gasteiger partial charge in [0.15, 0.2) is 5.78 Å². The Morgan fingerprint density at radius 3 is 2.52 bits per heavy atom. The number of fused-ring (bicyclic) bond motifs is 1. The van der Waals surface area contributed by atoms with Gasteiger partial charge in [-0.25, -0.2) is 0 Å². The third kappa shape index (κ3) is 4.33. The average Bonchev–Trinajstić information content (AvgIpc) is 2.85. The lowest BCUT2D eigenvalue weighted by atomic mass is 9.94. The number of halogens is 1. The Hall–Kier alpha value is -2.71. The second-order valence-corrected chi connectivity index (χ2v) is 8.12. The Balaban J connectivity index is 1.80. The molecule has 0 N–H and O–H groups in total. The van der Waals surface area contributed by atoms with Crippen molar-refractivity contribution < 1.29 is 4.79 Å². The molecule has 2 nitrogen and oxygen atoms in total. The highest BCUT2D eigenvalue weighted by Gasteiger charge is 2.26. The summed E-state index contributed by atoms with van der Waals surface area (Å²) in [6.45, 7) is 4.21. The van der Waals surface area contributed by atoms with Crippen molar-refractivity contribution in [3.8, 4) is 0 Å². The van der Waals surface area contributed by atoms with Crippen LogP contribution in [-0.2, 0) is 24.1 Å². The maximum atomic E-state index is 13.1. The highest BCUT2D eigenvalue weighted by atomic mass is 35.5. The molecule has 0 fully saturated rings. The Morgan fingerprint density at radius 1 is 1.00 bits per heavy atom. The SMILES string of the molecule is CCc1cccc(CC2N=C(c3ccc(C)cc3)c3cc(Cl)ccc3CC2=O)c1. The molecule has 0 saturated heterocycles. The molecule has 1 aliphatic rings. The molecule has 1 heterocycles. The fourth-order valence-corrected chi connectivity index (χ4v) is 4.00. The van der Waals surface area contributed by atoms with Crippen molar-refractivity contribution >= 4 is 23.1 Å². The van der Waals surface area contributed by atoms with Gasteiger partial charge in [-0.1, -0.05) is 78.7 Å². The third-order valence-corrected chi connectivity index (χ3v) is 5.74. The zero-order chi connectivity index (χ0) is 20.4. The van der Waals surface area contributed by atoms with Gasteiger partial charge in [0.25, 0.3) is 0 Å². The summed E-state index contributed by atoms with van der Waals surface area (Å²) in [5.41, 5.74) is 7.44. The molecule has 3 aromatic rings. The van der Waals surface area contributed by atoms with E-state index in [0.717, 1.165) is 34.4 Å². The van der Waals surface area contributed by atoms with Gasteiger partial charge in [0.05, 0.1) is 5.71 Å². The highest BCUT2D eigenvalue weighted by molar-refractivity contribution is 6.31. The number of benzene rings is 3. The van der Waals surface area contributed by atoms with E-state index < -0.39 is 6.04 Å². The number of Topliss-reactive ketones (excluding diaryl/α,β-unsaturated/α-hetero) is 1. The van der Waals surface area contributed by atoms with Crippen LogP contribution in [0.4, 0.5) is 0 Å². The van der Waals surface area contributed by atoms with E-state index in [9.17, 15) is 4.79 Å². The van der Waals surface area contributed by atoms with Gasteiger partial charge in [0.2, 0.25) is 0 Å². The Kier molecular flexibility index (Phi) is 5.64. The zero-order valence-electron chi connectivity index (χ0n) is 16.8. The summed E-state index contributed by atoms with van der Waals surface area (Å²) >= 11 is 6.30. The van der Waals surface area contributed by atoms with Crippen LogP contribution >= 0.6 is 11.6 Å². The number of aliphatic imine (C=N–C) groups is 1. The fourth-order valence-electron chi connectivity index (χ4n) is 3.83. The number of rotatable bonds is 4. The lowest BCUT2D eigenvalue weighted by Crippen LogP contribution is -2.23. The number of carbonyl (C=O) groups excluding carboxylic acids is 1. The average molecular weight is 402 g/mol. The van der Waals surface area contributed by atoms with E-state index in [2.05, 4.69) is 62.4 Å². The van der Waals surface area contributed by atoms with Crippen molar-refractivity contribution in [3.63, 3.8) is 0 Å². The van der Waals surface area contributed by atoms with Crippen molar-refractivity contribution in [1.29, 1.82) is 0 Å². The van der Waals surface area contributed by atoms with Crippen LogP contribution in [-0.4, -0.2) is 17.5 Å². The first-order chi connectivity index (χ1) is 14.0. The zero-order valence-corrected chi connectivity index (χ0v) is 17.5. The molecule has 3 aromatic carbocycles. The van der Waals surface area contributed by atoms with E-state index >= 15 is 0 Å². The van der Waals surface area contributed by atoms with Gasteiger partial charge >= 0.3 is 0 Å². The molecule has 146 valence electrons. The van der Waals surface area contributed by atoms with Gasteiger partial charge in [0.1, 0.15) is 6.04 Å². The maximum Gasteiger partial charge on any atom is 0.162 e. The first kappa shape index (κ1) is 19.6. The molecule has 1 unspecified atom stereocenters. The molecule has 4 rings (SSSR count). The van der Waals surface area contributed by atoms with Crippen LogP contribution in [0.1, 0.15) is 40.3 Å². The van der Waals surface area contributed by atoms with Crippen molar-refractivity contribution in [2.24, 2.45) is 4.99 Å². The van der Waals surface area contributed by atoms with Crippen molar-refractivity contribution in [3.05, 3.63) is 105 Å². The van der Waals surface area contributed by atoms with Gasteiger partial charge in [-0.15, -0.1) is 0 Å². The summed E-state index contributed by atoms with van der Waals surface area (Å²) in [6.07, 6.45) is 1.97. The van der Waals surface area contributed by atoms with E-state index in [4.69, 9.17) is 16.6 Å². The van der Waals surface area contributed by atoms with Gasteiger partial charge in [-0.05, 0) is 42.2 Å². The molecule has 0 radical (unpaired) electrons. The van der Waals surface area contributed by atoms with Crippen molar-refractivity contribution in [1.82, 2.24) is 0 Å². The van der Waals surface area contributed by atoms with Crippen molar-refractivity contribution in [2.45, 2.75) is 39.2 Å². The third-order valence-electron chi connectivity index (χ3n) is 5.50. The number of ketones is 1. The summed E-state index contributed by atoms with van der Waals surface area (Å²) < 4.78 is 0. The largest absolute Gasteiger partial charge is 0.297 e. The second kappa shape index (κ2) is 8.34. The number of nitrogens with zero attached hydrogens (tertiary/aromatic N) is 1. The highest BCUT2D eigenvalue weighted by Crippen LogP contribution is 2.26. The second-order valence-electron chi connectivity index (χ2n) is 7.68. The van der Waals surface area contributed by atoms with Gasteiger partial charge < -0.3 is 0 Å². The minimum absolute atomic E-state index is 0.151. The minimum atomic E-state index is -0.399. The van der Waals surface area contributed by atoms with Crippen LogP contribution in [0.3, 0.4) is 0 Å². The molecule has 1 atom stereocenters. The molecule has 29 heavy (non-hydrogen) atoms. The predicted octanol–water partition coefficient (Wildman–Crippen LogP) is 5.78. The standard InChI is InChI=1S/C26H24ClNO/c1-3-18-5-4-6-19(13-18)14-24-25(29)15-21-11-12-22(27)16-23(21)26(28-24)20-9-7-17(2)8-10-20/h4-13,16,24H,3,14-15H2,1-2H3. The molecule has 0 spiro atoms. The minimum Gasteiger partial charge on any atom is -0.297 e. The summed E-state index contributed by atoms with van der Waals surface area (Å²) in [6, 6.07) is 22.1. The monoisotopic (exact) mass is 401 g/mol. The molecule has 1 aliphatic heterocycles. The number of hydrogen-bond donors (Lipinski definition) is 0. The van der Waals surface area contributed by atoms with Gasteiger partial charge in [-0.2, -0.15) is 0 Å². The molecule has 0 bridgehead atoms. The lowest BCUT2D eigenvalue weighted by molar-refractivity contribution is -0.119. The number of aryl methyl sites for hydroxylation is 2. The van der Waals surface area contributed by atoms with Crippen molar-refractivity contribution in [2.75, 3.05) is 0 Å². The van der Waals surface area contributed by atoms with Gasteiger partial charge in [-0.3, -0.25) is 9.79 Å². The molecular formula is C26H24ClNO. The van der Waals surface area contributed by atoms with Crippen LogP contribution in [0.2, 0.25) is 5.02 Å². The Bertz CT molecular complexity index is 1080. The van der Waals surface area contributed by atoms with E-state index in [0.29, 0.717) is 17.9 Å². The molecule has 0 aromatic heterocycles. The van der Waals surface area contributed by atoms with E-state index in [1.54, 1.807) is 0 Å². The van der Waals surface area contributed by atoms with E-state index in [1.807, 2.05) is 18.2 Å². The normalized spacial score (nSPS) is 16.2. The van der Waals surface area contributed by atoms with Gasteiger partial charge in [0, 0.05) is 29.0 Å². The maximum absolute atomic E-state index is 13.1. The summed E-state index contributed by atoms with van der Waals surface area (Å²) in [5, 5.41) is 0.658. The molecule has 3 heteroatoms. The summed E-state index contributed by atoms with van der Waals surface area (Å²) in [7, 11) is 0. The molecule has 0 aliphatic carbocycles. The van der Waals surface area contributed by atoms with Crippen LogP contribution in [0.25, 0.3) is 0 Å². The predicted molar refractivity (Wildman–Crippen MR) is 120 cm³/mol. The first-order valence-electron chi connectivity index (χ1n) is 10.1. The summed E-state index contributed by atoms with van der Waals surface area (Å²) in [5.74, 6) is 0.151. The Morgan fingerprint density at radius 2 is 1.76 bits per heavy atom. The van der Waals surface area contributed by atoms with Crippen LogP contribution < -0.4 is 0 Å². The smallest absolute Gasteiger partial charge is 0.162 e. The quantitative estimate of drug-likeness (QED) is 0.544. The van der Waals surface area contributed by atoms with E-state index in [-0.39, 0.29) is 5.78 Å². The number of carbonyl (C=O) groups is 1. The fraction of sp³-hybridized carbons (Fsp3) is 0.231. The first-order valence-corrected chi connectivity index (χ1v) is 10.5. The van der Waals surface area contributed by atoms with Crippen LogP contribution in [0.15, 0.2) is 71.7 Å². The molecular weight excluding hydrogens is 378 g/mol. The van der Waals surface area contributed by atoms with Crippen LogP contribution in [0.5, 0.6) is 0 Å². The van der Waals surface area contributed by atoms with Crippen LogP contribution in [0, 0.1) is 6.92 Å². The molecule has 0 amide bonds. The topological polar surface area (TPSA) is 29.4 Å². The Labute approximate surface area is 177 Å². The number of hydrogen-bond acceptors (Lipinski definition) is 2. The lowest BCUT2D eigenvalue weighted by Gasteiger charge is -2.13.